The Morgan fingerprint density at radius 2 is 1.84 bits per heavy atom. The summed E-state index contributed by atoms with van der Waals surface area (Å²) in [4.78, 5) is 24.3. The Morgan fingerprint density at radius 1 is 1.16 bits per heavy atom. The SMILES string of the molecule is CC(C)C(C(=O)Nc1ccc2oc(=O)n(C)c2c1)c1ccc(F)cc1. The minimum Gasteiger partial charge on any atom is -0.408 e. The molecular weight excluding hydrogens is 323 g/mol. The van der Waals surface area contributed by atoms with Crippen LogP contribution in [0.1, 0.15) is 25.3 Å². The maximum atomic E-state index is 13.2. The molecule has 0 bridgehead atoms. The fourth-order valence-electron chi connectivity index (χ4n) is 2.93. The highest BCUT2D eigenvalue weighted by atomic mass is 19.1. The zero-order valence-electron chi connectivity index (χ0n) is 14.2. The minimum atomic E-state index is -0.454. The van der Waals surface area contributed by atoms with Crippen molar-refractivity contribution < 1.29 is 13.6 Å². The smallest absolute Gasteiger partial charge is 0.408 e. The summed E-state index contributed by atoms with van der Waals surface area (Å²) < 4.78 is 19.6. The molecule has 0 saturated carbocycles. The van der Waals surface area contributed by atoms with Gasteiger partial charge in [-0.05, 0) is 41.8 Å². The van der Waals surface area contributed by atoms with Crippen molar-refractivity contribution in [2.24, 2.45) is 13.0 Å². The van der Waals surface area contributed by atoms with Crippen LogP contribution in [0.25, 0.3) is 11.1 Å². The number of aromatic nitrogens is 1. The molecule has 3 rings (SSSR count). The molecule has 2 aromatic carbocycles. The van der Waals surface area contributed by atoms with E-state index in [-0.39, 0.29) is 17.6 Å². The standard InChI is InChI=1S/C19H19FN2O3/c1-11(2)17(12-4-6-13(20)7-5-12)18(23)21-14-8-9-16-15(10-14)22(3)19(24)25-16/h4-11,17H,1-3H3,(H,21,23). The van der Waals surface area contributed by atoms with Crippen LogP contribution < -0.4 is 11.1 Å². The van der Waals surface area contributed by atoms with Gasteiger partial charge in [0, 0.05) is 12.7 Å². The number of carbonyl (C=O) groups excluding carboxylic acids is 1. The Kier molecular flexibility index (Phi) is 4.44. The first-order chi connectivity index (χ1) is 11.9. The first-order valence-corrected chi connectivity index (χ1v) is 8.02. The molecule has 5 nitrogen and oxygen atoms in total. The molecule has 0 aliphatic rings. The van der Waals surface area contributed by atoms with Gasteiger partial charge in [-0.3, -0.25) is 9.36 Å². The highest BCUT2D eigenvalue weighted by molar-refractivity contribution is 5.97. The van der Waals surface area contributed by atoms with Crippen LogP contribution in [0, 0.1) is 11.7 Å². The van der Waals surface area contributed by atoms with E-state index in [1.807, 2.05) is 13.8 Å². The van der Waals surface area contributed by atoms with Crippen molar-refractivity contribution in [3.05, 3.63) is 64.4 Å². The molecule has 0 radical (unpaired) electrons. The number of hydrogen-bond donors (Lipinski definition) is 1. The van der Waals surface area contributed by atoms with E-state index in [1.54, 1.807) is 37.4 Å². The number of anilines is 1. The van der Waals surface area contributed by atoms with Gasteiger partial charge in [-0.25, -0.2) is 9.18 Å². The Labute approximate surface area is 144 Å². The van der Waals surface area contributed by atoms with Crippen LogP contribution in [0.5, 0.6) is 0 Å². The first-order valence-electron chi connectivity index (χ1n) is 8.02. The van der Waals surface area contributed by atoms with Crippen molar-refractivity contribution in [3.63, 3.8) is 0 Å². The van der Waals surface area contributed by atoms with Crippen molar-refractivity contribution in [3.8, 4) is 0 Å². The van der Waals surface area contributed by atoms with Crippen molar-refractivity contribution in [2.45, 2.75) is 19.8 Å². The fourth-order valence-corrected chi connectivity index (χ4v) is 2.93. The second kappa shape index (κ2) is 6.55. The first kappa shape index (κ1) is 17.0. The molecule has 1 atom stereocenters. The van der Waals surface area contributed by atoms with Crippen molar-refractivity contribution in [1.82, 2.24) is 4.57 Å². The second-order valence-electron chi connectivity index (χ2n) is 6.37. The number of amides is 1. The van der Waals surface area contributed by atoms with Crippen LogP contribution in [-0.4, -0.2) is 10.5 Å². The topological polar surface area (TPSA) is 64.2 Å². The molecular formula is C19H19FN2O3. The molecule has 1 unspecified atom stereocenters. The van der Waals surface area contributed by atoms with Gasteiger partial charge in [0.15, 0.2) is 5.58 Å². The summed E-state index contributed by atoms with van der Waals surface area (Å²) in [6.07, 6.45) is 0. The van der Waals surface area contributed by atoms with E-state index in [1.165, 1.54) is 16.7 Å². The highest BCUT2D eigenvalue weighted by Gasteiger charge is 2.24. The number of nitrogens with zero attached hydrogens (tertiary/aromatic N) is 1. The van der Waals surface area contributed by atoms with Crippen LogP contribution in [0.4, 0.5) is 10.1 Å². The number of halogens is 1. The van der Waals surface area contributed by atoms with Crippen molar-refractivity contribution >= 4 is 22.7 Å². The van der Waals surface area contributed by atoms with Gasteiger partial charge in [0.1, 0.15) is 5.82 Å². The Balaban J connectivity index is 1.89. The minimum absolute atomic E-state index is 0.0347. The lowest BCUT2D eigenvalue weighted by Gasteiger charge is -2.21. The Bertz CT molecular complexity index is 970. The average Bonchev–Trinajstić information content (AvgIpc) is 2.84. The summed E-state index contributed by atoms with van der Waals surface area (Å²) in [6.45, 7) is 3.88. The fraction of sp³-hybridized carbons (Fsp3) is 0.263. The Hall–Kier alpha value is -2.89. The third-order valence-corrected chi connectivity index (χ3v) is 4.24. The number of aryl methyl sites for hydroxylation is 1. The van der Waals surface area contributed by atoms with Crippen LogP contribution in [0.2, 0.25) is 0 Å². The number of carbonyl (C=O) groups is 1. The highest BCUT2D eigenvalue weighted by Crippen LogP contribution is 2.27. The number of fused-ring (bicyclic) bond motifs is 1. The van der Waals surface area contributed by atoms with Gasteiger partial charge in [0.2, 0.25) is 5.91 Å². The lowest BCUT2D eigenvalue weighted by Crippen LogP contribution is -2.25. The number of oxazole rings is 1. The van der Waals surface area contributed by atoms with E-state index in [4.69, 9.17) is 4.42 Å². The van der Waals surface area contributed by atoms with Gasteiger partial charge >= 0.3 is 5.76 Å². The molecule has 0 spiro atoms. The number of nitrogens with one attached hydrogen (secondary N) is 1. The van der Waals surface area contributed by atoms with Gasteiger partial charge in [-0.15, -0.1) is 0 Å². The molecule has 6 heteroatoms. The number of rotatable bonds is 4. The molecule has 0 saturated heterocycles. The van der Waals surface area contributed by atoms with E-state index in [0.29, 0.717) is 16.8 Å². The third-order valence-electron chi connectivity index (χ3n) is 4.24. The average molecular weight is 342 g/mol. The molecule has 1 aromatic heterocycles. The van der Waals surface area contributed by atoms with E-state index >= 15 is 0 Å². The van der Waals surface area contributed by atoms with Crippen molar-refractivity contribution in [1.29, 1.82) is 0 Å². The monoisotopic (exact) mass is 342 g/mol. The molecule has 1 amide bonds. The predicted octanol–water partition coefficient (Wildman–Crippen LogP) is 3.65. The second-order valence-corrected chi connectivity index (χ2v) is 6.37. The number of benzene rings is 2. The quantitative estimate of drug-likeness (QED) is 0.787. The summed E-state index contributed by atoms with van der Waals surface area (Å²) in [5, 5.41) is 2.88. The van der Waals surface area contributed by atoms with Crippen LogP contribution in [0.15, 0.2) is 51.7 Å². The summed E-state index contributed by atoms with van der Waals surface area (Å²) >= 11 is 0. The van der Waals surface area contributed by atoms with Crippen LogP contribution >= 0.6 is 0 Å². The number of hydrogen-bond acceptors (Lipinski definition) is 3. The summed E-state index contributed by atoms with van der Waals surface area (Å²) in [5.41, 5.74) is 2.39. The lowest BCUT2D eigenvalue weighted by atomic mass is 9.87. The molecule has 0 fully saturated rings. The lowest BCUT2D eigenvalue weighted by molar-refractivity contribution is -0.118. The van der Waals surface area contributed by atoms with Gasteiger partial charge in [0.05, 0.1) is 11.4 Å². The summed E-state index contributed by atoms with van der Waals surface area (Å²) in [6, 6.07) is 11.0. The summed E-state index contributed by atoms with van der Waals surface area (Å²) in [7, 11) is 1.61. The van der Waals surface area contributed by atoms with Gasteiger partial charge in [-0.1, -0.05) is 26.0 Å². The Morgan fingerprint density at radius 3 is 2.48 bits per heavy atom. The van der Waals surface area contributed by atoms with Gasteiger partial charge in [0.25, 0.3) is 0 Å². The molecule has 1 heterocycles. The maximum absolute atomic E-state index is 13.2. The maximum Gasteiger partial charge on any atom is 0.419 e. The predicted molar refractivity (Wildman–Crippen MR) is 94.1 cm³/mol. The van der Waals surface area contributed by atoms with Crippen LogP contribution in [-0.2, 0) is 11.8 Å². The van der Waals surface area contributed by atoms with E-state index < -0.39 is 11.7 Å². The molecule has 0 aliphatic heterocycles. The van der Waals surface area contributed by atoms with Gasteiger partial charge < -0.3 is 9.73 Å². The van der Waals surface area contributed by atoms with Crippen molar-refractivity contribution in [2.75, 3.05) is 5.32 Å². The summed E-state index contributed by atoms with van der Waals surface area (Å²) in [5.74, 6) is -1.35. The molecule has 1 N–H and O–H groups in total. The molecule has 3 aromatic rings. The normalized spacial score (nSPS) is 12.5. The van der Waals surface area contributed by atoms with Crippen LogP contribution in [0.3, 0.4) is 0 Å². The zero-order chi connectivity index (χ0) is 18.1. The molecule has 130 valence electrons. The van der Waals surface area contributed by atoms with E-state index in [2.05, 4.69) is 5.32 Å². The molecule has 25 heavy (non-hydrogen) atoms. The van der Waals surface area contributed by atoms with Gasteiger partial charge in [-0.2, -0.15) is 0 Å². The third kappa shape index (κ3) is 3.33. The van der Waals surface area contributed by atoms with E-state index in [9.17, 15) is 14.0 Å². The van der Waals surface area contributed by atoms with E-state index in [0.717, 1.165) is 5.56 Å². The molecule has 0 aliphatic carbocycles. The largest absolute Gasteiger partial charge is 0.419 e. The zero-order valence-corrected chi connectivity index (χ0v) is 14.2.